The van der Waals surface area contributed by atoms with Crippen molar-refractivity contribution in [2.75, 3.05) is 20.3 Å². The van der Waals surface area contributed by atoms with E-state index in [1.807, 2.05) is 26.0 Å². The van der Waals surface area contributed by atoms with E-state index in [9.17, 15) is 9.59 Å². The second-order valence-electron chi connectivity index (χ2n) is 6.77. The first-order valence-electron chi connectivity index (χ1n) is 9.67. The monoisotopic (exact) mass is 445 g/mol. The molecule has 0 aliphatic heterocycles. The Balaban J connectivity index is 1.77. The summed E-state index contributed by atoms with van der Waals surface area (Å²) >= 11 is 5.06. The lowest BCUT2D eigenvalue weighted by atomic mass is 10.1. The molecule has 0 aromatic heterocycles. The number of rotatable bonds is 8. The average Bonchev–Trinajstić information content (AvgIpc) is 2.75. The second kappa shape index (κ2) is 11.9. The quantitative estimate of drug-likeness (QED) is 0.326. The van der Waals surface area contributed by atoms with E-state index in [2.05, 4.69) is 16.2 Å². The number of aryl methyl sites for hydroxylation is 2. The van der Waals surface area contributed by atoms with Crippen molar-refractivity contribution in [1.29, 1.82) is 0 Å². The van der Waals surface area contributed by atoms with Gasteiger partial charge in [-0.1, -0.05) is 6.07 Å². The highest BCUT2D eigenvalue weighted by molar-refractivity contribution is 7.80. The summed E-state index contributed by atoms with van der Waals surface area (Å²) in [6.45, 7) is 6.48. The molecule has 0 fully saturated rings. The van der Waals surface area contributed by atoms with Crippen LogP contribution >= 0.6 is 12.2 Å². The fraction of sp³-hybridized carbons (Fsp3) is 0.318. The number of thiocarbonyl (C=S) groups is 1. The van der Waals surface area contributed by atoms with Gasteiger partial charge in [-0.15, -0.1) is 0 Å². The van der Waals surface area contributed by atoms with Crippen LogP contribution in [-0.2, 0) is 9.53 Å². The van der Waals surface area contributed by atoms with Crippen molar-refractivity contribution in [2.45, 2.75) is 26.9 Å². The first-order valence-corrected chi connectivity index (χ1v) is 10.1. The van der Waals surface area contributed by atoms with Crippen LogP contribution < -0.4 is 25.6 Å². The summed E-state index contributed by atoms with van der Waals surface area (Å²) in [6, 6.07) is 12.2. The van der Waals surface area contributed by atoms with Gasteiger partial charge in [0.2, 0.25) is 0 Å². The molecule has 2 aromatic rings. The Morgan fingerprint density at radius 1 is 0.968 bits per heavy atom. The van der Waals surface area contributed by atoms with Gasteiger partial charge in [0, 0.05) is 12.7 Å². The van der Waals surface area contributed by atoms with Crippen molar-refractivity contribution in [3.63, 3.8) is 0 Å². The maximum atomic E-state index is 12.3. The zero-order valence-corrected chi connectivity index (χ0v) is 18.8. The number of benzene rings is 2. The minimum absolute atomic E-state index is 0.0443. The van der Waals surface area contributed by atoms with Gasteiger partial charge in [0.25, 0.3) is 11.8 Å². The molecule has 0 radical (unpaired) electrons. The third kappa shape index (κ3) is 7.88. The van der Waals surface area contributed by atoms with Gasteiger partial charge in [-0.05, 0) is 80.5 Å². The van der Waals surface area contributed by atoms with Gasteiger partial charge >= 0.3 is 0 Å². The van der Waals surface area contributed by atoms with Crippen LogP contribution in [0.1, 0.15) is 28.4 Å². The van der Waals surface area contributed by atoms with Crippen molar-refractivity contribution in [2.24, 2.45) is 0 Å². The third-order valence-electron chi connectivity index (χ3n) is 4.36. The van der Waals surface area contributed by atoms with E-state index in [-0.39, 0.29) is 5.11 Å². The van der Waals surface area contributed by atoms with E-state index in [4.69, 9.17) is 26.4 Å². The minimum atomic E-state index is -0.765. The van der Waals surface area contributed by atoms with Crippen LogP contribution in [0.25, 0.3) is 0 Å². The van der Waals surface area contributed by atoms with Crippen LogP contribution in [0.2, 0.25) is 0 Å². The lowest BCUT2D eigenvalue weighted by molar-refractivity contribution is -0.127. The number of carbonyl (C=O) groups is 2. The number of methoxy groups -OCH3 is 1. The Labute approximate surface area is 187 Å². The van der Waals surface area contributed by atoms with E-state index < -0.39 is 17.9 Å². The van der Waals surface area contributed by atoms with E-state index in [0.29, 0.717) is 30.3 Å². The molecule has 0 aliphatic carbocycles. The number of ether oxygens (including phenoxy) is 3. The van der Waals surface area contributed by atoms with Gasteiger partial charge in [-0.2, -0.15) is 0 Å². The Hall–Kier alpha value is -3.17. The van der Waals surface area contributed by atoms with Crippen molar-refractivity contribution >= 4 is 29.1 Å². The van der Waals surface area contributed by atoms with E-state index in [0.717, 1.165) is 11.1 Å². The van der Waals surface area contributed by atoms with Crippen molar-refractivity contribution in [1.82, 2.24) is 16.2 Å². The SMILES string of the molecule is COCCOc1ccc(C(=O)NC(=S)NNC(=O)C(C)Oc2ccc(C)c(C)c2)cc1. The highest BCUT2D eigenvalue weighted by Crippen LogP contribution is 2.17. The molecular weight excluding hydrogens is 418 g/mol. The predicted molar refractivity (Wildman–Crippen MR) is 121 cm³/mol. The molecular formula is C22H27N3O5S. The Bertz CT molecular complexity index is 918. The van der Waals surface area contributed by atoms with E-state index in [1.165, 1.54) is 0 Å². The first kappa shape index (κ1) is 24.1. The molecule has 0 spiro atoms. The smallest absolute Gasteiger partial charge is 0.279 e. The molecule has 2 rings (SSSR count). The zero-order chi connectivity index (χ0) is 22.8. The summed E-state index contributed by atoms with van der Waals surface area (Å²) in [5, 5.41) is 2.45. The molecule has 8 nitrogen and oxygen atoms in total. The van der Waals surface area contributed by atoms with Crippen LogP contribution in [0.15, 0.2) is 42.5 Å². The van der Waals surface area contributed by atoms with Gasteiger partial charge < -0.3 is 14.2 Å². The molecule has 1 unspecified atom stereocenters. The summed E-state index contributed by atoms with van der Waals surface area (Å²) in [7, 11) is 1.59. The zero-order valence-electron chi connectivity index (χ0n) is 18.0. The molecule has 31 heavy (non-hydrogen) atoms. The average molecular weight is 446 g/mol. The van der Waals surface area contributed by atoms with E-state index in [1.54, 1.807) is 44.4 Å². The highest BCUT2D eigenvalue weighted by Gasteiger charge is 2.16. The number of hydrazine groups is 1. The van der Waals surface area contributed by atoms with Gasteiger partial charge in [0.15, 0.2) is 11.2 Å². The van der Waals surface area contributed by atoms with Crippen LogP contribution in [-0.4, -0.2) is 43.4 Å². The second-order valence-corrected chi connectivity index (χ2v) is 7.18. The summed E-state index contributed by atoms with van der Waals surface area (Å²) in [5.41, 5.74) is 7.52. The van der Waals surface area contributed by atoms with Gasteiger partial charge in [-0.3, -0.25) is 25.8 Å². The van der Waals surface area contributed by atoms with Gasteiger partial charge in [0.1, 0.15) is 18.1 Å². The Kier molecular flexibility index (Phi) is 9.23. The molecule has 2 aromatic carbocycles. The van der Waals surface area contributed by atoms with Crippen LogP contribution in [0.4, 0.5) is 0 Å². The summed E-state index contributed by atoms with van der Waals surface area (Å²) in [6.07, 6.45) is -0.765. The molecule has 0 heterocycles. The maximum absolute atomic E-state index is 12.3. The lowest BCUT2D eigenvalue weighted by Gasteiger charge is -2.17. The molecule has 1 atom stereocenters. The van der Waals surface area contributed by atoms with Crippen molar-refractivity contribution in [3.05, 3.63) is 59.2 Å². The number of hydrogen-bond donors (Lipinski definition) is 3. The molecule has 9 heteroatoms. The fourth-order valence-corrected chi connectivity index (χ4v) is 2.56. The Morgan fingerprint density at radius 3 is 2.29 bits per heavy atom. The maximum Gasteiger partial charge on any atom is 0.279 e. The summed E-state index contributed by atoms with van der Waals surface area (Å²) < 4.78 is 16.0. The number of carbonyl (C=O) groups excluding carboxylic acids is 2. The highest BCUT2D eigenvalue weighted by atomic mass is 32.1. The minimum Gasteiger partial charge on any atom is -0.491 e. The van der Waals surface area contributed by atoms with Gasteiger partial charge in [-0.25, -0.2) is 0 Å². The first-order chi connectivity index (χ1) is 14.8. The van der Waals surface area contributed by atoms with Crippen LogP contribution in [0, 0.1) is 13.8 Å². The van der Waals surface area contributed by atoms with Crippen molar-refractivity contribution in [3.8, 4) is 11.5 Å². The molecule has 2 amide bonds. The summed E-state index contributed by atoms with van der Waals surface area (Å²) in [5.74, 6) is 0.359. The number of hydrogen-bond acceptors (Lipinski definition) is 6. The molecule has 3 N–H and O–H groups in total. The fourth-order valence-electron chi connectivity index (χ4n) is 2.42. The molecule has 0 saturated heterocycles. The lowest BCUT2D eigenvalue weighted by Crippen LogP contribution is -2.51. The number of amides is 2. The molecule has 0 bridgehead atoms. The predicted octanol–water partition coefficient (Wildman–Crippen LogP) is 2.43. The van der Waals surface area contributed by atoms with Crippen molar-refractivity contribution < 1.29 is 23.8 Å². The normalized spacial score (nSPS) is 11.2. The molecule has 0 aliphatic rings. The van der Waals surface area contributed by atoms with E-state index >= 15 is 0 Å². The largest absolute Gasteiger partial charge is 0.491 e. The van der Waals surface area contributed by atoms with Crippen LogP contribution in [0.5, 0.6) is 11.5 Å². The molecule has 166 valence electrons. The molecule has 0 saturated carbocycles. The number of nitrogens with one attached hydrogen (secondary N) is 3. The topological polar surface area (TPSA) is 97.9 Å². The van der Waals surface area contributed by atoms with Gasteiger partial charge in [0.05, 0.1) is 6.61 Å². The summed E-state index contributed by atoms with van der Waals surface area (Å²) in [4.78, 5) is 24.5. The van der Waals surface area contributed by atoms with Crippen LogP contribution in [0.3, 0.4) is 0 Å². The third-order valence-corrected chi connectivity index (χ3v) is 4.56. The Morgan fingerprint density at radius 2 is 1.65 bits per heavy atom. The standard InChI is InChI=1S/C22H27N3O5S/c1-14-5-8-19(13-15(14)2)30-16(3)20(26)24-25-22(31)23-21(27)17-6-9-18(10-7-17)29-12-11-28-4/h5-10,13,16H,11-12H2,1-4H3,(H,24,26)(H2,23,25,27,31).